The van der Waals surface area contributed by atoms with Crippen LogP contribution in [-0.4, -0.2) is 44.7 Å². The summed E-state index contributed by atoms with van der Waals surface area (Å²) in [6.07, 6.45) is 9.03. The zero-order valence-electron chi connectivity index (χ0n) is 11.6. The maximum absolute atomic E-state index is 11.4. The van der Waals surface area contributed by atoms with Gasteiger partial charge in [-0.15, -0.1) is 0 Å². The van der Waals surface area contributed by atoms with Crippen LogP contribution in [0.25, 0.3) is 0 Å². The summed E-state index contributed by atoms with van der Waals surface area (Å²) in [6.45, 7) is 4.47. The highest BCUT2D eigenvalue weighted by molar-refractivity contribution is 5.73. The van der Waals surface area contributed by atoms with Crippen LogP contribution in [0.15, 0.2) is 12.4 Å². The van der Waals surface area contributed by atoms with E-state index in [2.05, 4.69) is 14.5 Å². The minimum Gasteiger partial charge on any atom is -0.480 e. The number of hydrogen-bond donors (Lipinski definition) is 1. The minimum atomic E-state index is -0.677. The largest absolute Gasteiger partial charge is 0.480 e. The molecule has 5 heteroatoms. The Morgan fingerprint density at radius 3 is 2.84 bits per heavy atom. The van der Waals surface area contributed by atoms with Crippen molar-refractivity contribution in [2.75, 3.05) is 13.1 Å². The van der Waals surface area contributed by atoms with E-state index in [1.54, 1.807) is 6.20 Å². The van der Waals surface area contributed by atoms with E-state index >= 15 is 0 Å². The average Bonchev–Trinajstić information content (AvgIpc) is 2.73. The number of nitrogens with zero attached hydrogens (tertiary/aromatic N) is 3. The van der Waals surface area contributed by atoms with Gasteiger partial charge in [0.05, 0.1) is 0 Å². The summed E-state index contributed by atoms with van der Waals surface area (Å²) in [7, 11) is 0. The number of carboxylic acid groups (broad SMARTS) is 1. The summed E-state index contributed by atoms with van der Waals surface area (Å²) in [5.41, 5.74) is 0. The summed E-state index contributed by atoms with van der Waals surface area (Å²) in [4.78, 5) is 17.7. The maximum atomic E-state index is 11.4. The summed E-state index contributed by atoms with van der Waals surface area (Å²) < 4.78 is 2.08. The second-order valence-corrected chi connectivity index (χ2v) is 5.26. The SMILES string of the molecule is Cc1nccn1CCN1CCCCCCC1C(=O)O. The molecule has 1 saturated heterocycles. The molecule has 5 nitrogen and oxygen atoms in total. The summed E-state index contributed by atoms with van der Waals surface area (Å²) >= 11 is 0. The maximum Gasteiger partial charge on any atom is 0.320 e. The fourth-order valence-electron chi connectivity index (χ4n) is 2.77. The minimum absolute atomic E-state index is 0.316. The molecule has 1 atom stereocenters. The van der Waals surface area contributed by atoms with E-state index in [1.807, 2.05) is 13.1 Å². The molecule has 1 aliphatic rings. The van der Waals surface area contributed by atoms with E-state index in [0.29, 0.717) is 0 Å². The van der Waals surface area contributed by atoms with Crippen LogP contribution in [0.2, 0.25) is 0 Å². The van der Waals surface area contributed by atoms with Crippen LogP contribution in [0.3, 0.4) is 0 Å². The Bertz CT molecular complexity index is 417. The molecule has 0 aromatic carbocycles. The Hall–Kier alpha value is -1.36. The monoisotopic (exact) mass is 265 g/mol. The lowest BCUT2D eigenvalue weighted by Crippen LogP contribution is -2.44. The zero-order chi connectivity index (χ0) is 13.7. The molecular formula is C14H23N3O2. The van der Waals surface area contributed by atoms with E-state index in [-0.39, 0.29) is 6.04 Å². The lowest BCUT2D eigenvalue weighted by Gasteiger charge is -2.30. The van der Waals surface area contributed by atoms with Crippen LogP contribution < -0.4 is 0 Å². The van der Waals surface area contributed by atoms with E-state index < -0.39 is 5.97 Å². The molecule has 1 aromatic heterocycles. The number of carboxylic acids is 1. The van der Waals surface area contributed by atoms with Gasteiger partial charge < -0.3 is 9.67 Å². The van der Waals surface area contributed by atoms with Gasteiger partial charge in [-0.1, -0.05) is 19.3 Å². The van der Waals surface area contributed by atoms with Crippen molar-refractivity contribution in [3.05, 3.63) is 18.2 Å². The number of aliphatic carboxylic acids is 1. The van der Waals surface area contributed by atoms with Crippen LogP contribution >= 0.6 is 0 Å². The molecule has 106 valence electrons. The van der Waals surface area contributed by atoms with Gasteiger partial charge in [-0.3, -0.25) is 9.69 Å². The number of aryl methyl sites for hydroxylation is 1. The molecule has 1 aromatic rings. The molecule has 2 rings (SSSR count). The van der Waals surface area contributed by atoms with Crippen molar-refractivity contribution in [2.45, 2.75) is 51.6 Å². The lowest BCUT2D eigenvalue weighted by atomic mass is 10.0. The summed E-state index contributed by atoms with van der Waals surface area (Å²) in [5, 5.41) is 9.38. The standard InChI is InChI=1S/C14H23N3O2/c1-12-15-7-9-16(12)10-11-17-8-5-3-2-4-6-13(17)14(18)19/h7,9,13H,2-6,8,10-11H2,1H3,(H,18,19). The summed E-state index contributed by atoms with van der Waals surface area (Å²) in [6, 6.07) is -0.316. The van der Waals surface area contributed by atoms with Crippen molar-refractivity contribution in [1.82, 2.24) is 14.5 Å². The summed E-state index contributed by atoms with van der Waals surface area (Å²) in [5.74, 6) is 0.308. The fourth-order valence-corrected chi connectivity index (χ4v) is 2.77. The zero-order valence-corrected chi connectivity index (χ0v) is 11.6. The topological polar surface area (TPSA) is 58.4 Å². The highest BCUT2D eigenvalue weighted by Gasteiger charge is 2.25. The molecule has 0 spiro atoms. The molecule has 0 radical (unpaired) electrons. The fraction of sp³-hybridized carbons (Fsp3) is 0.714. The second-order valence-electron chi connectivity index (χ2n) is 5.26. The van der Waals surface area contributed by atoms with E-state index in [1.165, 1.54) is 6.42 Å². The first-order valence-corrected chi connectivity index (χ1v) is 7.13. The van der Waals surface area contributed by atoms with Gasteiger partial charge in [-0.2, -0.15) is 0 Å². The van der Waals surface area contributed by atoms with Crippen molar-refractivity contribution in [2.24, 2.45) is 0 Å². The molecule has 19 heavy (non-hydrogen) atoms. The Labute approximate surface area is 114 Å². The molecule has 1 fully saturated rings. The Morgan fingerprint density at radius 2 is 2.16 bits per heavy atom. The van der Waals surface area contributed by atoms with Gasteiger partial charge in [0, 0.05) is 25.5 Å². The van der Waals surface area contributed by atoms with E-state index in [4.69, 9.17) is 0 Å². The third-order valence-corrected chi connectivity index (χ3v) is 3.95. The van der Waals surface area contributed by atoms with Gasteiger partial charge in [-0.05, 0) is 26.3 Å². The van der Waals surface area contributed by atoms with Crippen molar-refractivity contribution >= 4 is 5.97 Å². The Balaban J connectivity index is 1.97. The number of imidazole rings is 1. The van der Waals surface area contributed by atoms with E-state index in [0.717, 1.165) is 51.1 Å². The van der Waals surface area contributed by atoms with Gasteiger partial charge >= 0.3 is 5.97 Å². The molecule has 2 heterocycles. The molecule has 0 bridgehead atoms. The molecule has 0 amide bonds. The number of rotatable bonds is 4. The van der Waals surface area contributed by atoms with Crippen LogP contribution in [0.4, 0.5) is 0 Å². The number of likely N-dealkylation sites (tertiary alicyclic amines) is 1. The predicted octanol–water partition coefficient (Wildman–Crippen LogP) is 1.91. The molecular weight excluding hydrogens is 242 g/mol. The third-order valence-electron chi connectivity index (χ3n) is 3.95. The van der Waals surface area contributed by atoms with Crippen LogP contribution in [0, 0.1) is 6.92 Å². The Kier molecular flexibility index (Phi) is 4.96. The van der Waals surface area contributed by atoms with Crippen LogP contribution in [-0.2, 0) is 11.3 Å². The van der Waals surface area contributed by atoms with Gasteiger partial charge in [-0.25, -0.2) is 4.98 Å². The predicted molar refractivity (Wildman–Crippen MR) is 73.0 cm³/mol. The first-order chi connectivity index (χ1) is 9.18. The van der Waals surface area contributed by atoms with Gasteiger partial charge in [0.25, 0.3) is 0 Å². The Morgan fingerprint density at radius 1 is 1.37 bits per heavy atom. The lowest BCUT2D eigenvalue weighted by molar-refractivity contribution is -0.144. The molecule has 0 aliphatic carbocycles. The number of carbonyl (C=O) groups is 1. The molecule has 1 aliphatic heterocycles. The van der Waals surface area contributed by atoms with Gasteiger partial charge in [0.15, 0.2) is 0 Å². The molecule has 1 N–H and O–H groups in total. The highest BCUT2D eigenvalue weighted by Crippen LogP contribution is 2.17. The molecule has 0 saturated carbocycles. The van der Waals surface area contributed by atoms with Gasteiger partial charge in [0.2, 0.25) is 0 Å². The quantitative estimate of drug-likeness (QED) is 0.903. The second kappa shape index (κ2) is 6.70. The number of aromatic nitrogens is 2. The smallest absolute Gasteiger partial charge is 0.320 e. The highest BCUT2D eigenvalue weighted by atomic mass is 16.4. The van der Waals surface area contributed by atoms with Crippen molar-refractivity contribution in [1.29, 1.82) is 0 Å². The first kappa shape index (κ1) is 14.1. The van der Waals surface area contributed by atoms with Crippen molar-refractivity contribution in [3.63, 3.8) is 0 Å². The first-order valence-electron chi connectivity index (χ1n) is 7.13. The van der Waals surface area contributed by atoms with Crippen LogP contribution in [0.5, 0.6) is 0 Å². The van der Waals surface area contributed by atoms with Crippen LogP contribution in [0.1, 0.15) is 37.9 Å². The van der Waals surface area contributed by atoms with Crippen molar-refractivity contribution in [3.8, 4) is 0 Å². The normalized spacial score (nSPS) is 21.8. The molecule has 1 unspecified atom stereocenters. The number of hydrogen-bond acceptors (Lipinski definition) is 3. The van der Waals surface area contributed by atoms with E-state index in [9.17, 15) is 9.90 Å². The average molecular weight is 265 g/mol. The third kappa shape index (κ3) is 3.80. The van der Waals surface area contributed by atoms with Crippen molar-refractivity contribution < 1.29 is 9.90 Å². The van der Waals surface area contributed by atoms with Gasteiger partial charge in [0.1, 0.15) is 11.9 Å².